The molecule has 17 heavy (non-hydrogen) atoms. The van der Waals surface area contributed by atoms with Gasteiger partial charge in [-0.1, -0.05) is 5.10 Å². The number of hydrazone groups is 1. The van der Waals surface area contributed by atoms with Crippen LogP contribution in [-0.2, 0) is 0 Å². The third-order valence-electron chi connectivity index (χ3n) is 1.87. The molecular formula is C8H8N6O3. The summed E-state index contributed by atoms with van der Waals surface area (Å²) in [4.78, 5) is 0. The van der Waals surface area contributed by atoms with Crippen LogP contribution >= 0.6 is 0 Å². The van der Waals surface area contributed by atoms with Crippen molar-refractivity contribution in [3.8, 4) is 17.2 Å². The van der Waals surface area contributed by atoms with Gasteiger partial charge in [-0.25, -0.2) is 5.43 Å². The van der Waals surface area contributed by atoms with Crippen molar-refractivity contribution in [2.75, 3.05) is 5.43 Å². The van der Waals surface area contributed by atoms with E-state index in [1.54, 1.807) is 0 Å². The number of hydrogen-bond acceptors (Lipinski definition) is 8. The summed E-state index contributed by atoms with van der Waals surface area (Å²) in [5.74, 6) is -1.33. The van der Waals surface area contributed by atoms with E-state index in [0.717, 1.165) is 0 Å². The minimum atomic E-state index is -0.603. The maximum Gasteiger partial charge on any atom is 0.283 e. The number of tetrazole rings is 1. The van der Waals surface area contributed by atoms with E-state index in [2.05, 4.69) is 31.2 Å². The van der Waals surface area contributed by atoms with E-state index < -0.39 is 17.2 Å². The third kappa shape index (κ3) is 2.22. The quantitative estimate of drug-likeness (QED) is 0.281. The number of H-pyrrole nitrogens is 1. The van der Waals surface area contributed by atoms with E-state index in [1.165, 1.54) is 18.3 Å². The normalized spacial score (nSPS) is 10.8. The molecule has 1 heterocycles. The molecule has 0 aliphatic carbocycles. The Morgan fingerprint density at radius 3 is 2.76 bits per heavy atom. The van der Waals surface area contributed by atoms with Crippen molar-refractivity contribution >= 4 is 12.2 Å². The van der Waals surface area contributed by atoms with Gasteiger partial charge in [-0.05, 0) is 17.3 Å². The Hall–Kier alpha value is -2.84. The maximum absolute atomic E-state index is 9.46. The SMILES string of the molecule is Oc1ccc(/C=N/Nc2nn[nH]n2)c(O)c1O. The molecule has 0 spiro atoms. The highest BCUT2D eigenvalue weighted by molar-refractivity contribution is 5.85. The predicted molar refractivity (Wildman–Crippen MR) is 56.8 cm³/mol. The van der Waals surface area contributed by atoms with E-state index in [4.69, 9.17) is 5.11 Å². The van der Waals surface area contributed by atoms with E-state index in [-0.39, 0.29) is 11.5 Å². The van der Waals surface area contributed by atoms with Crippen LogP contribution in [0, 0.1) is 0 Å². The minimum Gasteiger partial charge on any atom is -0.504 e. The number of nitrogens with zero attached hydrogens (tertiary/aromatic N) is 4. The van der Waals surface area contributed by atoms with Crippen molar-refractivity contribution in [2.45, 2.75) is 0 Å². The zero-order chi connectivity index (χ0) is 12.3. The van der Waals surface area contributed by atoms with Crippen molar-refractivity contribution in [3.05, 3.63) is 17.7 Å². The van der Waals surface area contributed by atoms with Crippen LogP contribution in [0.5, 0.6) is 17.2 Å². The highest BCUT2D eigenvalue weighted by Gasteiger charge is 2.09. The highest BCUT2D eigenvalue weighted by Crippen LogP contribution is 2.36. The monoisotopic (exact) mass is 236 g/mol. The van der Waals surface area contributed by atoms with E-state index in [0.29, 0.717) is 0 Å². The number of benzene rings is 1. The number of hydrogen-bond donors (Lipinski definition) is 5. The lowest BCUT2D eigenvalue weighted by Gasteiger charge is -2.02. The molecule has 0 radical (unpaired) electrons. The minimum absolute atomic E-state index is 0.156. The van der Waals surface area contributed by atoms with E-state index >= 15 is 0 Å². The predicted octanol–water partition coefficient (Wildman–Crippen LogP) is -0.238. The summed E-state index contributed by atoms with van der Waals surface area (Å²) in [6, 6.07) is 2.61. The third-order valence-corrected chi connectivity index (χ3v) is 1.87. The number of nitrogens with one attached hydrogen (secondary N) is 2. The molecule has 0 amide bonds. The van der Waals surface area contributed by atoms with Gasteiger partial charge in [0, 0.05) is 5.56 Å². The number of phenolic OH excluding ortho intramolecular Hbond substituents is 3. The Kier molecular flexibility index (Phi) is 2.73. The van der Waals surface area contributed by atoms with Crippen LogP contribution < -0.4 is 5.43 Å². The molecule has 1 aromatic carbocycles. The van der Waals surface area contributed by atoms with Gasteiger partial charge in [0.1, 0.15) is 0 Å². The fourth-order valence-corrected chi connectivity index (χ4v) is 1.06. The first-order valence-electron chi connectivity index (χ1n) is 4.45. The number of aromatic amines is 1. The maximum atomic E-state index is 9.46. The summed E-state index contributed by atoms with van der Waals surface area (Å²) in [7, 11) is 0. The highest BCUT2D eigenvalue weighted by atomic mass is 16.3. The van der Waals surface area contributed by atoms with Crippen LogP contribution in [0.1, 0.15) is 5.56 Å². The molecule has 9 nitrogen and oxygen atoms in total. The summed E-state index contributed by atoms with van der Waals surface area (Å²) in [5.41, 5.74) is 2.65. The molecule has 9 heteroatoms. The molecule has 0 atom stereocenters. The van der Waals surface area contributed by atoms with Crippen molar-refractivity contribution < 1.29 is 15.3 Å². The summed E-state index contributed by atoms with van der Waals surface area (Å²) in [5, 5.41) is 44.2. The molecule has 0 saturated carbocycles. The van der Waals surface area contributed by atoms with Crippen molar-refractivity contribution in [3.63, 3.8) is 0 Å². The number of aromatic hydroxyl groups is 3. The van der Waals surface area contributed by atoms with Gasteiger partial charge in [0.05, 0.1) is 6.21 Å². The molecule has 2 rings (SSSR count). The van der Waals surface area contributed by atoms with Gasteiger partial charge < -0.3 is 15.3 Å². The first kappa shape index (κ1) is 10.7. The average Bonchev–Trinajstić information content (AvgIpc) is 2.82. The molecule has 0 unspecified atom stereocenters. The lowest BCUT2D eigenvalue weighted by molar-refractivity contribution is 0.367. The second-order valence-corrected chi connectivity index (χ2v) is 2.98. The average molecular weight is 236 g/mol. The second kappa shape index (κ2) is 4.35. The fraction of sp³-hybridized carbons (Fsp3) is 0. The standard InChI is InChI=1S/C8H8N6O3/c15-5-2-1-4(6(16)7(5)17)3-9-10-8-11-13-14-12-8/h1-3,15-17H,(H2,10,11,12,13,14)/b9-3+. The van der Waals surface area contributed by atoms with Crippen LogP contribution in [0.3, 0.4) is 0 Å². The van der Waals surface area contributed by atoms with Crippen molar-refractivity contribution in [2.24, 2.45) is 5.10 Å². The van der Waals surface area contributed by atoms with Crippen LogP contribution in [0.2, 0.25) is 0 Å². The first-order chi connectivity index (χ1) is 8.18. The van der Waals surface area contributed by atoms with E-state index in [1.807, 2.05) is 0 Å². The molecule has 5 N–H and O–H groups in total. The summed E-state index contributed by atoms with van der Waals surface area (Å²) in [6.45, 7) is 0. The Bertz CT molecular complexity index is 538. The molecule has 0 saturated heterocycles. The zero-order valence-electron chi connectivity index (χ0n) is 8.36. The van der Waals surface area contributed by atoms with E-state index in [9.17, 15) is 10.2 Å². The summed E-state index contributed by atoms with van der Waals surface area (Å²) >= 11 is 0. The number of aromatic nitrogens is 4. The first-order valence-corrected chi connectivity index (χ1v) is 4.45. The Labute approximate surface area is 94.4 Å². The van der Waals surface area contributed by atoms with Crippen LogP contribution in [-0.4, -0.2) is 42.2 Å². The molecule has 0 bridgehead atoms. The molecule has 88 valence electrons. The van der Waals surface area contributed by atoms with Gasteiger partial charge in [0.15, 0.2) is 11.5 Å². The van der Waals surface area contributed by atoms with Crippen molar-refractivity contribution in [1.29, 1.82) is 0 Å². The van der Waals surface area contributed by atoms with Crippen LogP contribution in [0.4, 0.5) is 5.95 Å². The van der Waals surface area contributed by atoms with Crippen LogP contribution in [0.15, 0.2) is 17.2 Å². The number of rotatable bonds is 3. The molecule has 1 aromatic heterocycles. The lowest BCUT2D eigenvalue weighted by Crippen LogP contribution is -1.93. The molecule has 0 aliphatic heterocycles. The Morgan fingerprint density at radius 2 is 2.06 bits per heavy atom. The topological polar surface area (TPSA) is 140 Å². The molecule has 0 fully saturated rings. The number of anilines is 1. The summed E-state index contributed by atoms with van der Waals surface area (Å²) in [6.07, 6.45) is 1.23. The van der Waals surface area contributed by atoms with Gasteiger partial charge in [-0.15, -0.1) is 5.10 Å². The largest absolute Gasteiger partial charge is 0.504 e. The Balaban J connectivity index is 2.14. The van der Waals surface area contributed by atoms with Crippen LogP contribution in [0.25, 0.3) is 0 Å². The lowest BCUT2D eigenvalue weighted by atomic mass is 10.2. The fourth-order valence-electron chi connectivity index (χ4n) is 1.06. The van der Waals surface area contributed by atoms with Crippen molar-refractivity contribution in [1.82, 2.24) is 20.6 Å². The second-order valence-electron chi connectivity index (χ2n) is 2.98. The van der Waals surface area contributed by atoms with Gasteiger partial charge >= 0.3 is 0 Å². The molecule has 0 aliphatic rings. The zero-order valence-corrected chi connectivity index (χ0v) is 8.36. The smallest absolute Gasteiger partial charge is 0.283 e. The van der Waals surface area contributed by atoms with Gasteiger partial charge in [0.2, 0.25) is 5.75 Å². The summed E-state index contributed by atoms with van der Waals surface area (Å²) < 4.78 is 0. The Morgan fingerprint density at radius 1 is 1.24 bits per heavy atom. The number of phenols is 3. The van der Waals surface area contributed by atoms with Gasteiger partial charge in [-0.2, -0.15) is 10.3 Å². The molecular weight excluding hydrogens is 228 g/mol. The van der Waals surface area contributed by atoms with Gasteiger partial charge in [-0.3, -0.25) is 0 Å². The van der Waals surface area contributed by atoms with Gasteiger partial charge in [0.25, 0.3) is 5.95 Å². The molecule has 2 aromatic rings.